The van der Waals surface area contributed by atoms with Crippen LogP contribution in [-0.2, 0) is 4.79 Å². The first-order valence-electron chi connectivity index (χ1n) is 6.56. The van der Waals surface area contributed by atoms with Gasteiger partial charge >= 0.3 is 0 Å². The van der Waals surface area contributed by atoms with Crippen molar-refractivity contribution in [3.63, 3.8) is 0 Å². The van der Waals surface area contributed by atoms with Crippen LogP contribution in [0.15, 0.2) is 28.8 Å². The molecule has 0 bridgehead atoms. The minimum atomic E-state index is -0.201. The molecule has 1 aromatic heterocycles. The molecule has 2 aromatic rings. The van der Waals surface area contributed by atoms with Crippen LogP contribution in [0.25, 0.3) is 11.5 Å². The van der Waals surface area contributed by atoms with Crippen molar-refractivity contribution in [3.8, 4) is 11.5 Å². The van der Waals surface area contributed by atoms with Gasteiger partial charge in [-0.25, -0.2) is 0 Å². The maximum atomic E-state index is 12.1. The Balaban J connectivity index is 2.27. The number of para-hydroxylation sites is 1. The largest absolute Gasteiger partial charge is 0.334 e. The fourth-order valence-corrected chi connectivity index (χ4v) is 1.88. The molecule has 0 radical (unpaired) electrons. The van der Waals surface area contributed by atoms with Crippen LogP contribution in [0, 0.1) is 12.8 Å². The molecule has 0 saturated heterocycles. The zero-order valence-corrected chi connectivity index (χ0v) is 11.6. The number of nitrogens with one attached hydrogen (secondary N) is 1. The molecule has 0 aliphatic heterocycles. The van der Waals surface area contributed by atoms with E-state index in [1.807, 2.05) is 25.1 Å². The number of carbonyl (C=O) groups excluding carboxylic acids is 1. The molecular weight excluding hydrogens is 256 g/mol. The Kier molecular flexibility index (Phi) is 4.47. The van der Waals surface area contributed by atoms with Crippen LogP contribution in [0.5, 0.6) is 0 Å². The topological polar surface area (TPSA) is 94.0 Å². The fraction of sp³-hybridized carbons (Fsp3) is 0.357. The number of aryl methyl sites for hydroxylation is 1. The van der Waals surface area contributed by atoms with E-state index in [-0.39, 0.29) is 11.8 Å². The van der Waals surface area contributed by atoms with Crippen LogP contribution < -0.4 is 11.1 Å². The van der Waals surface area contributed by atoms with E-state index in [0.717, 1.165) is 0 Å². The first kappa shape index (κ1) is 14.2. The Morgan fingerprint density at radius 3 is 2.80 bits per heavy atom. The first-order chi connectivity index (χ1) is 9.65. The van der Waals surface area contributed by atoms with Gasteiger partial charge in [0.15, 0.2) is 5.82 Å². The van der Waals surface area contributed by atoms with Crippen molar-refractivity contribution in [2.45, 2.75) is 20.3 Å². The molecule has 106 valence electrons. The lowest BCUT2D eigenvalue weighted by atomic mass is 10.1. The molecule has 2 rings (SSSR count). The monoisotopic (exact) mass is 274 g/mol. The number of benzene rings is 1. The van der Waals surface area contributed by atoms with E-state index in [4.69, 9.17) is 10.3 Å². The summed E-state index contributed by atoms with van der Waals surface area (Å²) in [6, 6.07) is 7.32. The van der Waals surface area contributed by atoms with Crippen LogP contribution >= 0.6 is 0 Å². The van der Waals surface area contributed by atoms with Gasteiger partial charge in [0.1, 0.15) is 0 Å². The van der Waals surface area contributed by atoms with Gasteiger partial charge in [-0.1, -0.05) is 24.2 Å². The van der Waals surface area contributed by atoms with E-state index in [1.54, 1.807) is 13.0 Å². The van der Waals surface area contributed by atoms with Gasteiger partial charge in [-0.05, 0) is 25.5 Å². The van der Waals surface area contributed by atoms with E-state index in [9.17, 15) is 4.79 Å². The fourth-order valence-electron chi connectivity index (χ4n) is 1.88. The number of rotatable bonds is 5. The van der Waals surface area contributed by atoms with E-state index in [1.165, 1.54) is 0 Å². The third kappa shape index (κ3) is 3.03. The highest BCUT2D eigenvalue weighted by molar-refractivity contribution is 5.96. The minimum Gasteiger partial charge on any atom is -0.334 e. The Labute approximate surface area is 117 Å². The number of anilines is 1. The molecule has 1 amide bonds. The molecule has 1 atom stereocenters. The van der Waals surface area contributed by atoms with Crippen molar-refractivity contribution in [2.75, 3.05) is 11.9 Å². The van der Waals surface area contributed by atoms with Crippen LogP contribution in [-0.4, -0.2) is 22.6 Å². The number of aromatic nitrogens is 2. The highest BCUT2D eigenvalue weighted by Crippen LogP contribution is 2.26. The summed E-state index contributed by atoms with van der Waals surface area (Å²) >= 11 is 0. The number of nitrogens with zero attached hydrogens (tertiary/aromatic N) is 2. The number of amides is 1. The van der Waals surface area contributed by atoms with Gasteiger partial charge in [-0.3, -0.25) is 4.79 Å². The number of nitrogens with two attached hydrogens (primary N) is 1. The van der Waals surface area contributed by atoms with Gasteiger partial charge in [0.25, 0.3) is 5.89 Å². The molecule has 3 N–H and O–H groups in total. The lowest BCUT2D eigenvalue weighted by molar-refractivity contribution is -0.119. The van der Waals surface area contributed by atoms with Crippen molar-refractivity contribution < 1.29 is 9.32 Å². The van der Waals surface area contributed by atoms with E-state index in [0.29, 0.717) is 35.9 Å². The number of hydrogen-bond donors (Lipinski definition) is 2. The van der Waals surface area contributed by atoms with Crippen LogP contribution in [0.3, 0.4) is 0 Å². The highest BCUT2D eigenvalue weighted by atomic mass is 16.5. The lowest BCUT2D eigenvalue weighted by Gasteiger charge is -2.14. The molecular formula is C14H18N4O2. The summed E-state index contributed by atoms with van der Waals surface area (Å²) in [5.41, 5.74) is 6.94. The number of hydrogen-bond acceptors (Lipinski definition) is 5. The molecule has 1 aromatic carbocycles. The smallest absolute Gasteiger partial charge is 0.260 e. The van der Waals surface area contributed by atoms with E-state index < -0.39 is 0 Å². The molecule has 0 spiro atoms. The normalized spacial score (nSPS) is 12.2. The molecule has 0 saturated carbocycles. The van der Waals surface area contributed by atoms with Gasteiger partial charge in [-0.2, -0.15) is 4.98 Å². The Morgan fingerprint density at radius 2 is 2.20 bits per heavy atom. The van der Waals surface area contributed by atoms with Gasteiger partial charge in [0.2, 0.25) is 5.91 Å². The number of carbonyl (C=O) groups is 1. The van der Waals surface area contributed by atoms with Crippen molar-refractivity contribution in [3.05, 3.63) is 30.1 Å². The molecule has 0 aliphatic rings. The van der Waals surface area contributed by atoms with Gasteiger partial charge in [-0.15, -0.1) is 0 Å². The predicted molar refractivity (Wildman–Crippen MR) is 75.9 cm³/mol. The Morgan fingerprint density at radius 1 is 1.45 bits per heavy atom. The summed E-state index contributed by atoms with van der Waals surface area (Å²) in [7, 11) is 0. The molecule has 20 heavy (non-hydrogen) atoms. The second-order valence-electron chi connectivity index (χ2n) is 4.52. The van der Waals surface area contributed by atoms with Crippen LogP contribution in [0.4, 0.5) is 5.69 Å². The third-order valence-electron chi connectivity index (χ3n) is 3.09. The van der Waals surface area contributed by atoms with Crippen LogP contribution in [0.2, 0.25) is 0 Å². The first-order valence-corrected chi connectivity index (χ1v) is 6.56. The summed E-state index contributed by atoms with van der Waals surface area (Å²) in [6.07, 6.45) is 0.699. The quantitative estimate of drug-likeness (QED) is 0.869. The van der Waals surface area contributed by atoms with Crippen molar-refractivity contribution in [2.24, 2.45) is 11.7 Å². The summed E-state index contributed by atoms with van der Waals surface area (Å²) < 4.78 is 5.15. The van der Waals surface area contributed by atoms with Gasteiger partial charge in [0.05, 0.1) is 17.2 Å². The summed E-state index contributed by atoms with van der Waals surface area (Å²) in [5, 5.41) is 6.64. The summed E-state index contributed by atoms with van der Waals surface area (Å²) in [4.78, 5) is 16.3. The maximum absolute atomic E-state index is 12.1. The van der Waals surface area contributed by atoms with Gasteiger partial charge < -0.3 is 15.6 Å². The Hall–Kier alpha value is -2.21. The second kappa shape index (κ2) is 6.29. The highest BCUT2D eigenvalue weighted by Gasteiger charge is 2.18. The average Bonchev–Trinajstić information content (AvgIpc) is 2.87. The van der Waals surface area contributed by atoms with Crippen molar-refractivity contribution in [1.82, 2.24) is 10.1 Å². The SMILES string of the molecule is CCC(CN)C(=O)Nc1ccccc1-c1nc(C)no1. The molecule has 0 fully saturated rings. The maximum Gasteiger partial charge on any atom is 0.260 e. The molecule has 0 aliphatic carbocycles. The second-order valence-corrected chi connectivity index (χ2v) is 4.52. The zero-order chi connectivity index (χ0) is 14.5. The zero-order valence-electron chi connectivity index (χ0n) is 11.6. The molecule has 1 heterocycles. The summed E-state index contributed by atoms with van der Waals surface area (Å²) in [6.45, 7) is 4.00. The summed E-state index contributed by atoms with van der Waals surface area (Å²) in [5.74, 6) is 0.639. The molecule has 1 unspecified atom stereocenters. The van der Waals surface area contributed by atoms with Gasteiger partial charge in [0, 0.05) is 6.54 Å². The van der Waals surface area contributed by atoms with E-state index >= 15 is 0 Å². The standard InChI is InChI=1S/C14H18N4O2/c1-3-10(8-15)13(19)17-12-7-5-4-6-11(12)14-16-9(2)18-20-14/h4-7,10H,3,8,15H2,1-2H3,(H,17,19). The lowest BCUT2D eigenvalue weighted by Crippen LogP contribution is -2.28. The average molecular weight is 274 g/mol. The molecule has 6 nitrogen and oxygen atoms in total. The van der Waals surface area contributed by atoms with Crippen molar-refractivity contribution in [1.29, 1.82) is 0 Å². The third-order valence-corrected chi connectivity index (χ3v) is 3.09. The molecule has 6 heteroatoms. The van der Waals surface area contributed by atoms with Crippen LogP contribution in [0.1, 0.15) is 19.2 Å². The van der Waals surface area contributed by atoms with E-state index in [2.05, 4.69) is 15.5 Å². The minimum absolute atomic E-state index is 0.0984. The van der Waals surface area contributed by atoms with Crippen molar-refractivity contribution >= 4 is 11.6 Å². The predicted octanol–water partition coefficient (Wildman–Crippen LogP) is 1.97. The Bertz CT molecular complexity index is 590.